The number of benzene rings is 1. The second-order valence-electron chi connectivity index (χ2n) is 7.00. The first-order chi connectivity index (χ1) is 13.5. The fourth-order valence-corrected chi connectivity index (χ4v) is 2.75. The van der Waals surface area contributed by atoms with Crippen LogP contribution in [-0.4, -0.2) is 34.5 Å². The van der Waals surface area contributed by atoms with Gasteiger partial charge in [-0.2, -0.15) is 0 Å². The average molecular weight is 375 g/mol. The summed E-state index contributed by atoms with van der Waals surface area (Å²) >= 11 is 0. The molecule has 0 atom stereocenters. The van der Waals surface area contributed by atoms with E-state index in [1.54, 1.807) is 24.7 Å². The van der Waals surface area contributed by atoms with Gasteiger partial charge in [-0.1, -0.05) is 26.0 Å². The molecule has 2 heterocycles. The molecule has 3 aromatic rings. The van der Waals surface area contributed by atoms with Crippen LogP contribution in [-0.2, 0) is 6.42 Å². The lowest BCUT2D eigenvalue weighted by atomic mass is 10.0. The van der Waals surface area contributed by atoms with Crippen molar-refractivity contribution in [2.24, 2.45) is 0 Å². The molecular formula is C22H25N5O. The third-order valence-electron chi connectivity index (χ3n) is 4.54. The van der Waals surface area contributed by atoms with Crippen molar-refractivity contribution in [1.29, 1.82) is 0 Å². The van der Waals surface area contributed by atoms with E-state index < -0.39 is 0 Å². The number of hydrogen-bond acceptors (Lipinski definition) is 5. The molecular weight excluding hydrogens is 350 g/mol. The minimum absolute atomic E-state index is 0.247. The Labute approximate surface area is 165 Å². The lowest BCUT2D eigenvalue weighted by molar-refractivity contribution is 0.102. The predicted octanol–water partition coefficient (Wildman–Crippen LogP) is 3.93. The van der Waals surface area contributed by atoms with Crippen molar-refractivity contribution >= 4 is 17.5 Å². The van der Waals surface area contributed by atoms with Crippen molar-refractivity contribution in [2.75, 3.05) is 23.8 Å². The Bertz CT molecular complexity index is 910. The second-order valence-corrected chi connectivity index (χ2v) is 7.00. The number of nitrogens with zero attached hydrogens (tertiary/aromatic N) is 4. The van der Waals surface area contributed by atoms with Crippen LogP contribution in [0.2, 0.25) is 0 Å². The monoisotopic (exact) mass is 375 g/mol. The summed E-state index contributed by atoms with van der Waals surface area (Å²) < 4.78 is 0. The minimum atomic E-state index is -0.247. The second kappa shape index (κ2) is 9.08. The molecule has 0 aliphatic rings. The van der Waals surface area contributed by atoms with Gasteiger partial charge in [0.15, 0.2) is 0 Å². The summed E-state index contributed by atoms with van der Waals surface area (Å²) in [6.07, 6.45) is 6.03. The molecule has 0 spiro atoms. The predicted molar refractivity (Wildman–Crippen MR) is 112 cm³/mol. The molecule has 0 saturated heterocycles. The lowest BCUT2D eigenvalue weighted by Crippen LogP contribution is -2.24. The topological polar surface area (TPSA) is 71.0 Å². The van der Waals surface area contributed by atoms with E-state index in [0.29, 0.717) is 17.6 Å². The maximum Gasteiger partial charge on any atom is 0.274 e. The first-order valence-corrected chi connectivity index (χ1v) is 9.37. The largest absolute Gasteiger partial charge is 0.344 e. The van der Waals surface area contributed by atoms with Crippen LogP contribution in [0, 0.1) is 0 Å². The van der Waals surface area contributed by atoms with Gasteiger partial charge in [0.1, 0.15) is 5.69 Å². The van der Waals surface area contributed by atoms with Crippen LogP contribution < -0.4 is 10.2 Å². The van der Waals surface area contributed by atoms with Crippen LogP contribution in [0.3, 0.4) is 0 Å². The Kier molecular flexibility index (Phi) is 6.32. The molecule has 6 nitrogen and oxygen atoms in total. The molecule has 1 amide bonds. The number of likely N-dealkylation sites (N-methyl/N-ethyl adjacent to an activating group) is 1. The van der Waals surface area contributed by atoms with E-state index >= 15 is 0 Å². The molecule has 1 N–H and O–H groups in total. The number of carbonyl (C=O) groups is 1. The fraction of sp³-hybridized carbons (Fsp3) is 0.273. The van der Waals surface area contributed by atoms with Gasteiger partial charge in [-0.3, -0.25) is 9.78 Å². The van der Waals surface area contributed by atoms with Gasteiger partial charge in [0.25, 0.3) is 5.91 Å². The van der Waals surface area contributed by atoms with Crippen LogP contribution in [0.15, 0.2) is 61.1 Å². The molecule has 0 saturated carbocycles. The Morgan fingerprint density at radius 3 is 2.43 bits per heavy atom. The average Bonchev–Trinajstić information content (AvgIpc) is 2.73. The highest BCUT2D eigenvalue weighted by Crippen LogP contribution is 2.17. The zero-order chi connectivity index (χ0) is 19.9. The molecule has 0 radical (unpaired) electrons. The molecule has 144 valence electrons. The van der Waals surface area contributed by atoms with E-state index in [9.17, 15) is 4.79 Å². The van der Waals surface area contributed by atoms with Gasteiger partial charge < -0.3 is 10.2 Å². The fourth-order valence-electron chi connectivity index (χ4n) is 2.75. The molecule has 0 fully saturated rings. The van der Waals surface area contributed by atoms with Gasteiger partial charge >= 0.3 is 0 Å². The van der Waals surface area contributed by atoms with Gasteiger partial charge in [0.05, 0.1) is 0 Å². The number of amides is 1. The number of anilines is 2. The molecule has 0 aliphatic carbocycles. The van der Waals surface area contributed by atoms with Crippen LogP contribution in [0.5, 0.6) is 0 Å². The van der Waals surface area contributed by atoms with Gasteiger partial charge in [0, 0.05) is 37.9 Å². The summed E-state index contributed by atoms with van der Waals surface area (Å²) in [5.41, 5.74) is 3.52. The van der Waals surface area contributed by atoms with Gasteiger partial charge in [-0.15, -0.1) is 0 Å². The van der Waals surface area contributed by atoms with E-state index in [2.05, 4.69) is 34.1 Å². The highest BCUT2D eigenvalue weighted by molar-refractivity contribution is 6.02. The van der Waals surface area contributed by atoms with Crippen molar-refractivity contribution in [3.63, 3.8) is 0 Å². The summed E-state index contributed by atoms with van der Waals surface area (Å²) in [5.74, 6) is 0.734. The Hall–Kier alpha value is -3.28. The zero-order valence-corrected chi connectivity index (χ0v) is 16.5. The van der Waals surface area contributed by atoms with Crippen molar-refractivity contribution in [2.45, 2.75) is 26.2 Å². The van der Waals surface area contributed by atoms with Crippen LogP contribution >= 0.6 is 0 Å². The van der Waals surface area contributed by atoms with Crippen molar-refractivity contribution in [3.05, 3.63) is 77.9 Å². The number of nitrogens with one attached hydrogen (secondary N) is 1. The lowest BCUT2D eigenvalue weighted by Gasteiger charge is -2.17. The first kappa shape index (κ1) is 19.5. The molecule has 0 bridgehead atoms. The SMILES string of the molecule is CC(C)c1ccc(NC(=O)c2ccnc(N(C)CCc3ccncc3)n2)cc1. The molecule has 0 aliphatic heterocycles. The standard InChI is InChI=1S/C22H25N5O/c1-16(2)18-4-6-19(7-5-18)25-21(28)20-10-14-24-22(26-20)27(3)15-11-17-8-12-23-13-9-17/h4-10,12-14,16H,11,15H2,1-3H3,(H,25,28). The highest BCUT2D eigenvalue weighted by atomic mass is 16.1. The summed E-state index contributed by atoms with van der Waals surface area (Å²) in [6.45, 7) is 5.02. The van der Waals surface area contributed by atoms with Crippen molar-refractivity contribution in [1.82, 2.24) is 15.0 Å². The summed E-state index contributed by atoms with van der Waals surface area (Å²) in [5, 5.41) is 2.89. The number of hydrogen-bond donors (Lipinski definition) is 1. The Morgan fingerprint density at radius 1 is 1.04 bits per heavy atom. The summed E-state index contributed by atoms with van der Waals surface area (Å²) in [7, 11) is 1.92. The van der Waals surface area contributed by atoms with Gasteiger partial charge in [0.2, 0.25) is 5.95 Å². The quantitative estimate of drug-likeness (QED) is 0.678. The van der Waals surface area contributed by atoms with Crippen LogP contribution in [0.1, 0.15) is 41.4 Å². The van der Waals surface area contributed by atoms with E-state index in [4.69, 9.17) is 0 Å². The van der Waals surface area contributed by atoms with E-state index in [1.165, 1.54) is 11.1 Å². The first-order valence-electron chi connectivity index (χ1n) is 9.37. The number of rotatable bonds is 7. The van der Waals surface area contributed by atoms with E-state index in [0.717, 1.165) is 18.7 Å². The number of pyridine rings is 1. The van der Waals surface area contributed by atoms with E-state index in [1.807, 2.05) is 48.3 Å². The Morgan fingerprint density at radius 2 is 1.75 bits per heavy atom. The zero-order valence-electron chi connectivity index (χ0n) is 16.5. The maximum absolute atomic E-state index is 12.6. The summed E-state index contributed by atoms with van der Waals surface area (Å²) in [6, 6.07) is 13.5. The molecule has 1 aromatic carbocycles. The molecule has 2 aromatic heterocycles. The van der Waals surface area contributed by atoms with Crippen molar-refractivity contribution in [3.8, 4) is 0 Å². The van der Waals surface area contributed by atoms with E-state index in [-0.39, 0.29) is 5.91 Å². The third kappa shape index (κ3) is 5.13. The maximum atomic E-state index is 12.6. The Balaban J connectivity index is 1.63. The van der Waals surface area contributed by atoms with Gasteiger partial charge in [-0.25, -0.2) is 9.97 Å². The van der Waals surface area contributed by atoms with Crippen LogP contribution in [0.4, 0.5) is 11.6 Å². The molecule has 28 heavy (non-hydrogen) atoms. The third-order valence-corrected chi connectivity index (χ3v) is 4.54. The van der Waals surface area contributed by atoms with Gasteiger partial charge in [-0.05, 0) is 53.8 Å². The minimum Gasteiger partial charge on any atom is -0.344 e. The normalized spacial score (nSPS) is 10.7. The molecule has 0 unspecified atom stereocenters. The van der Waals surface area contributed by atoms with Crippen molar-refractivity contribution < 1.29 is 4.79 Å². The number of carbonyl (C=O) groups excluding carboxylic acids is 1. The smallest absolute Gasteiger partial charge is 0.274 e. The number of aromatic nitrogens is 3. The molecule has 3 rings (SSSR count). The highest BCUT2D eigenvalue weighted by Gasteiger charge is 2.12. The summed E-state index contributed by atoms with van der Waals surface area (Å²) in [4.78, 5) is 27.2. The van der Waals surface area contributed by atoms with Crippen LogP contribution in [0.25, 0.3) is 0 Å². The molecule has 6 heteroatoms.